The van der Waals surface area contributed by atoms with Gasteiger partial charge in [-0.05, 0) is 37.1 Å². The van der Waals surface area contributed by atoms with Crippen LogP contribution in [0.25, 0.3) is 0 Å². The summed E-state index contributed by atoms with van der Waals surface area (Å²) in [5, 5.41) is 8.92. The van der Waals surface area contributed by atoms with Crippen LogP contribution in [0.15, 0.2) is 17.0 Å². The topological polar surface area (TPSA) is 86.9 Å². The Kier molecular flexibility index (Phi) is 4.88. The molecule has 3 N–H and O–H groups in total. The largest absolute Gasteiger partial charge is 0.398 e. The molecular formula is C14H23N3O3S. The Morgan fingerprint density at radius 2 is 1.81 bits per heavy atom. The minimum absolute atomic E-state index is 0.0977. The summed E-state index contributed by atoms with van der Waals surface area (Å²) in [7, 11) is -3.50. The summed E-state index contributed by atoms with van der Waals surface area (Å²) in [6.07, 6.45) is 0. The van der Waals surface area contributed by atoms with Gasteiger partial charge in [-0.3, -0.25) is 4.90 Å². The first kappa shape index (κ1) is 16.2. The number of anilines is 1. The Morgan fingerprint density at radius 3 is 2.33 bits per heavy atom. The smallest absolute Gasteiger partial charge is 0.243 e. The number of nitrogens with zero attached hydrogens (tertiary/aromatic N) is 2. The number of aliphatic hydroxyl groups is 1. The van der Waals surface area contributed by atoms with Crippen LogP contribution in [0.4, 0.5) is 5.69 Å². The molecule has 21 heavy (non-hydrogen) atoms. The first-order valence-corrected chi connectivity index (χ1v) is 8.50. The van der Waals surface area contributed by atoms with Gasteiger partial charge in [0.15, 0.2) is 0 Å². The Labute approximate surface area is 126 Å². The molecule has 7 heteroatoms. The number of nitrogens with two attached hydrogens (primary N) is 1. The van der Waals surface area contributed by atoms with Gasteiger partial charge in [0.25, 0.3) is 0 Å². The van der Waals surface area contributed by atoms with E-state index in [1.54, 1.807) is 6.07 Å². The highest BCUT2D eigenvalue weighted by Crippen LogP contribution is 2.24. The van der Waals surface area contributed by atoms with Crippen LogP contribution in [0.2, 0.25) is 0 Å². The van der Waals surface area contributed by atoms with Gasteiger partial charge in [-0.25, -0.2) is 8.42 Å². The Hall–Kier alpha value is -1.15. The zero-order chi connectivity index (χ0) is 15.6. The monoisotopic (exact) mass is 313 g/mol. The van der Waals surface area contributed by atoms with Crippen LogP contribution in [0.3, 0.4) is 0 Å². The lowest BCUT2D eigenvalue weighted by molar-refractivity contribution is 0.151. The molecule has 0 spiro atoms. The zero-order valence-corrected chi connectivity index (χ0v) is 13.4. The van der Waals surface area contributed by atoms with Crippen molar-refractivity contribution >= 4 is 15.7 Å². The van der Waals surface area contributed by atoms with Crippen LogP contribution in [-0.2, 0) is 10.0 Å². The molecule has 1 aromatic carbocycles. The van der Waals surface area contributed by atoms with Gasteiger partial charge in [0.05, 0.1) is 11.5 Å². The third-order valence-corrected chi connectivity index (χ3v) is 5.94. The van der Waals surface area contributed by atoms with Crippen LogP contribution in [0, 0.1) is 13.8 Å². The fraction of sp³-hybridized carbons (Fsp3) is 0.571. The van der Waals surface area contributed by atoms with Crippen molar-refractivity contribution < 1.29 is 13.5 Å². The molecule has 2 rings (SSSR count). The van der Waals surface area contributed by atoms with Crippen LogP contribution < -0.4 is 5.73 Å². The second-order valence-corrected chi connectivity index (χ2v) is 7.36. The maximum absolute atomic E-state index is 12.7. The maximum Gasteiger partial charge on any atom is 0.243 e. The SMILES string of the molecule is Cc1cc(S(=O)(=O)N2CCN(CCO)CC2)cc(N)c1C. The molecular weight excluding hydrogens is 290 g/mol. The minimum Gasteiger partial charge on any atom is -0.398 e. The normalized spacial score (nSPS) is 18.0. The lowest BCUT2D eigenvalue weighted by Gasteiger charge is -2.33. The van der Waals surface area contributed by atoms with Gasteiger partial charge in [-0.15, -0.1) is 0 Å². The van der Waals surface area contributed by atoms with Gasteiger partial charge < -0.3 is 10.8 Å². The molecule has 1 aliphatic rings. The Balaban J connectivity index is 2.20. The predicted octanol–water partition coefficient (Wildman–Crippen LogP) is 0.184. The van der Waals surface area contributed by atoms with E-state index in [0.29, 0.717) is 38.4 Å². The summed E-state index contributed by atoms with van der Waals surface area (Å²) >= 11 is 0. The second kappa shape index (κ2) is 6.31. The first-order valence-electron chi connectivity index (χ1n) is 7.06. The molecule has 1 fully saturated rings. The van der Waals surface area contributed by atoms with E-state index >= 15 is 0 Å². The molecule has 1 saturated heterocycles. The van der Waals surface area contributed by atoms with Crippen molar-refractivity contribution in [3.05, 3.63) is 23.3 Å². The van der Waals surface area contributed by atoms with Gasteiger partial charge in [0, 0.05) is 38.4 Å². The van der Waals surface area contributed by atoms with Crippen molar-refractivity contribution in [3.63, 3.8) is 0 Å². The van der Waals surface area contributed by atoms with Gasteiger partial charge in [-0.2, -0.15) is 4.31 Å². The highest BCUT2D eigenvalue weighted by atomic mass is 32.2. The van der Waals surface area contributed by atoms with Gasteiger partial charge in [-0.1, -0.05) is 0 Å². The molecule has 0 atom stereocenters. The standard InChI is InChI=1S/C14H23N3O3S/c1-11-9-13(10-14(15)12(11)2)21(19,20)17-5-3-16(4-6-17)7-8-18/h9-10,18H,3-8,15H2,1-2H3. The number of β-amino-alcohol motifs (C(OH)–C–C–N with tert-alkyl or cyclic N) is 1. The molecule has 0 radical (unpaired) electrons. The predicted molar refractivity (Wildman–Crippen MR) is 82.6 cm³/mol. The number of nitrogen functional groups attached to an aromatic ring is 1. The molecule has 0 bridgehead atoms. The summed E-state index contributed by atoms with van der Waals surface area (Å²) in [6.45, 7) is 6.59. The lowest BCUT2D eigenvalue weighted by atomic mass is 10.1. The van der Waals surface area contributed by atoms with Crippen LogP contribution >= 0.6 is 0 Å². The number of hydrogen-bond donors (Lipinski definition) is 2. The van der Waals surface area contributed by atoms with Crippen molar-refractivity contribution in [1.82, 2.24) is 9.21 Å². The first-order chi connectivity index (χ1) is 9.86. The summed E-state index contributed by atoms with van der Waals surface area (Å²) in [6, 6.07) is 3.22. The third kappa shape index (κ3) is 3.37. The molecule has 0 aliphatic carbocycles. The van der Waals surface area contributed by atoms with Crippen molar-refractivity contribution in [2.45, 2.75) is 18.7 Å². The Morgan fingerprint density at radius 1 is 1.19 bits per heavy atom. The number of aryl methyl sites for hydroxylation is 1. The van der Waals surface area contributed by atoms with E-state index in [1.165, 1.54) is 10.4 Å². The average Bonchev–Trinajstić information content (AvgIpc) is 2.45. The van der Waals surface area contributed by atoms with E-state index in [0.717, 1.165) is 11.1 Å². The van der Waals surface area contributed by atoms with Gasteiger partial charge >= 0.3 is 0 Å². The molecule has 1 aliphatic heterocycles. The van der Waals surface area contributed by atoms with E-state index < -0.39 is 10.0 Å². The summed E-state index contributed by atoms with van der Waals surface area (Å²) in [4.78, 5) is 2.32. The van der Waals surface area contributed by atoms with Gasteiger partial charge in [0.2, 0.25) is 10.0 Å². The Bertz CT molecular complexity index is 585. The van der Waals surface area contributed by atoms with Crippen LogP contribution in [0.1, 0.15) is 11.1 Å². The minimum atomic E-state index is -3.50. The van der Waals surface area contributed by atoms with E-state index in [9.17, 15) is 8.42 Å². The average molecular weight is 313 g/mol. The highest BCUT2D eigenvalue weighted by molar-refractivity contribution is 7.89. The quantitative estimate of drug-likeness (QED) is 0.775. The van der Waals surface area contributed by atoms with E-state index in [-0.39, 0.29) is 11.5 Å². The number of piperazine rings is 1. The second-order valence-electron chi connectivity index (χ2n) is 5.42. The fourth-order valence-electron chi connectivity index (χ4n) is 2.49. The van der Waals surface area contributed by atoms with Crippen molar-refractivity contribution in [2.75, 3.05) is 45.1 Å². The summed E-state index contributed by atoms with van der Waals surface area (Å²) in [5.41, 5.74) is 8.20. The molecule has 0 unspecified atom stereocenters. The lowest BCUT2D eigenvalue weighted by Crippen LogP contribution is -2.49. The molecule has 0 amide bonds. The number of hydrogen-bond acceptors (Lipinski definition) is 5. The maximum atomic E-state index is 12.7. The number of rotatable bonds is 4. The van der Waals surface area contributed by atoms with E-state index in [1.807, 2.05) is 13.8 Å². The molecule has 1 aromatic rings. The molecule has 118 valence electrons. The van der Waals surface area contributed by atoms with Crippen molar-refractivity contribution in [3.8, 4) is 0 Å². The summed E-state index contributed by atoms with van der Waals surface area (Å²) in [5.74, 6) is 0. The molecule has 6 nitrogen and oxygen atoms in total. The van der Waals surface area contributed by atoms with E-state index in [4.69, 9.17) is 10.8 Å². The summed E-state index contributed by atoms with van der Waals surface area (Å²) < 4.78 is 26.8. The molecule has 0 aromatic heterocycles. The number of benzene rings is 1. The fourth-order valence-corrected chi connectivity index (χ4v) is 4.03. The molecule has 1 heterocycles. The highest BCUT2D eigenvalue weighted by Gasteiger charge is 2.28. The van der Waals surface area contributed by atoms with Crippen molar-refractivity contribution in [2.24, 2.45) is 0 Å². The zero-order valence-electron chi connectivity index (χ0n) is 12.5. The van der Waals surface area contributed by atoms with E-state index in [2.05, 4.69) is 4.90 Å². The van der Waals surface area contributed by atoms with Crippen LogP contribution in [-0.4, -0.2) is 62.1 Å². The van der Waals surface area contributed by atoms with Gasteiger partial charge in [0.1, 0.15) is 0 Å². The van der Waals surface area contributed by atoms with Crippen molar-refractivity contribution in [1.29, 1.82) is 0 Å². The number of aliphatic hydroxyl groups excluding tert-OH is 1. The third-order valence-electron chi connectivity index (χ3n) is 4.07. The van der Waals surface area contributed by atoms with Crippen LogP contribution in [0.5, 0.6) is 0 Å². The molecule has 0 saturated carbocycles. The number of sulfonamides is 1.